The number of ether oxygens (including phenoxy) is 1. The summed E-state index contributed by atoms with van der Waals surface area (Å²) in [6.45, 7) is 8.36. The van der Waals surface area contributed by atoms with Crippen molar-refractivity contribution in [3.63, 3.8) is 0 Å². The molecule has 2 N–H and O–H groups in total. The maximum Gasteiger partial charge on any atom is 0.244 e. The second kappa shape index (κ2) is 10.4. The summed E-state index contributed by atoms with van der Waals surface area (Å²) in [6.07, 6.45) is 0. The van der Waals surface area contributed by atoms with Crippen molar-refractivity contribution in [1.29, 1.82) is 0 Å². The van der Waals surface area contributed by atoms with Crippen LogP contribution in [0, 0.1) is 0 Å². The summed E-state index contributed by atoms with van der Waals surface area (Å²) in [4.78, 5) is 17.9. The molecule has 0 aromatic rings. The highest BCUT2D eigenvalue weighted by atomic mass is 127. The van der Waals surface area contributed by atoms with Crippen LogP contribution in [0.5, 0.6) is 0 Å². The molecule has 7 heteroatoms. The number of carbonyl (C=O) groups excluding carboxylic acids is 1. The molecule has 1 aliphatic heterocycles. The second-order valence-electron chi connectivity index (χ2n) is 3.72. The number of nitrogens with zero attached hydrogens (tertiary/aromatic N) is 2. The van der Waals surface area contributed by atoms with Gasteiger partial charge in [-0.25, -0.2) is 4.99 Å². The van der Waals surface area contributed by atoms with Gasteiger partial charge in [-0.05, 0) is 13.8 Å². The average Bonchev–Trinajstić information content (AvgIpc) is 2.37. The third-order valence-corrected chi connectivity index (χ3v) is 2.42. The summed E-state index contributed by atoms with van der Waals surface area (Å²) in [5.74, 6) is 0.748. The minimum absolute atomic E-state index is 0. The van der Waals surface area contributed by atoms with E-state index >= 15 is 0 Å². The number of amides is 1. The van der Waals surface area contributed by atoms with Gasteiger partial charge in [-0.3, -0.25) is 4.79 Å². The smallest absolute Gasteiger partial charge is 0.244 e. The third-order valence-electron chi connectivity index (χ3n) is 2.42. The van der Waals surface area contributed by atoms with Crippen LogP contribution in [0.25, 0.3) is 0 Å². The quantitative estimate of drug-likeness (QED) is 0.417. The van der Waals surface area contributed by atoms with Crippen molar-refractivity contribution in [3.05, 3.63) is 0 Å². The Labute approximate surface area is 126 Å². The van der Waals surface area contributed by atoms with Crippen LogP contribution in [0.3, 0.4) is 0 Å². The average molecular weight is 370 g/mol. The lowest BCUT2D eigenvalue weighted by atomic mass is 10.4. The van der Waals surface area contributed by atoms with E-state index < -0.39 is 0 Å². The summed E-state index contributed by atoms with van der Waals surface area (Å²) in [6, 6.07) is 0. The van der Waals surface area contributed by atoms with Gasteiger partial charge in [-0.1, -0.05) is 0 Å². The van der Waals surface area contributed by atoms with E-state index in [2.05, 4.69) is 15.6 Å². The minimum atomic E-state index is 0. The SMILES string of the molecule is CCNC(=NCC(=O)N1CCOCC1)NCC.I. The molecule has 0 atom stereocenters. The van der Waals surface area contributed by atoms with Gasteiger partial charge in [0.15, 0.2) is 5.96 Å². The highest BCUT2D eigenvalue weighted by molar-refractivity contribution is 14.0. The van der Waals surface area contributed by atoms with E-state index in [0.29, 0.717) is 32.3 Å². The number of guanidine groups is 1. The molecule has 0 saturated carbocycles. The fourth-order valence-electron chi connectivity index (χ4n) is 1.57. The summed E-state index contributed by atoms with van der Waals surface area (Å²) in [5.41, 5.74) is 0. The van der Waals surface area contributed by atoms with Crippen LogP contribution in [0.15, 0.2) is 4.99 Å². The molecule has 0 aliphatic carbocycles. The summed E-state index contributed by atoms with van der Waals surface area (Å²) < 4.78 is 5.20. The predicted octanol–water partition coefficient (Wildman–Crippen LogP) is 0.0382. The minimum Gasteiger partial charge on any atom is -0.378 e. The molecule has 1 rings (SSSR count). The van der Waals surface area contributed by atoms with Crippen molar-refractivity contribution in [1.82, 2.24) is 15.5 Å². The molecule has 1 aliphatic rings. The van der Waals surface area contributed by atoms with Crippen LogP contribution >= 0.6 is 24.0 Å². The number of hydrogen-bond acceptors (Lipinski definition) is 3. The second-order valence-corrected chi connectivity index (χ2v) is 3.72. The molecule has 18 heavy (non-hydrogen) atoms. The first-order chi connectivity index (χ1) is 8.27. The molecule has 6 nitrogen and oxygen atoms in total. The van der Waals surface area contributed by atoms with Crippen LogP contribution in [0.1, 0.15) is 13.8 Å². The normalized spacial score (nSPS) is 14.4. The summed E-state index contributed by atoms with van der Waals surface area (Å²) >= 11 is 0. The maximum absolute atomic E-state index is 11.8. The van der Waals surface area contributed by atoms with Crippen LogP contribution in [0.2, 0.25) is 0 Å². The molecule has 1 saturated heterocycles. The predicted molar refractivity (Wildman–Crippen MR) is 82.5 cm³/mol. The monoisotopic (exact) mass is 370 g/mol. The molecular formula is C11H23IN4O2. The number of halogens is 1. The first-order valence-corrected chi connectivity index (χ1v) is 6.15. The van der Waals surface area contributed by atoms with E-state index in [0.717, 1.165) is 13.1 Å². The number of morpholine rings is 1. The lowest BCUT2D eigenvalue weighted by molar-refractivity contribution is -0.133. The highest BCUT2D eigenvalue weighted by Gasteiger charge is 2.16. The molecular weight excluding hydrogens is 347 g/mol. The van der Waals surface area contributed by atoms with E-state index in [9.17, 15) is 4.79 Å². The fourth-order valence-corrected chi connectivity index (χ4v) is 1.57. The van der Waals surface area contributed by atoms with E-state index in [1.54, 1.807) is 4.90 Å². The Bertz CT molecular complexity index is 260. The number of rotatable bonds is 4. The fraction of sp³-hybridized carbons (Fsp3) is 0.818. The van der Waals surface area contributed by atoms with Crippen LogP contribution < -0.4 is 10.6 Å². The van der Waals surface area contributed by atoms with Crippen molar-refractivity contribution in [2.24, 2.45) is 4.99 Å². The van der Waals surface area contributed by atoms with Gasteiger partial charge in [0.25, 0.3) is 0 Å². The zero-order chi connectivity index (χ0) is 12.5. The van der Waals surface area contributed by atoms with Crippen molar-refractivity contribution in [2.75, 3.05) is 45.9 Å². The van der Waals surface area contributed by atoms with Gasteiger partial charge >= 0.3 is 0 Å². The zero-order valence-corrected chi connectivity index (χ0v) is 13.4. The Hall–Kier alpha value is -0.570. The lowest BCUT2D eigenvalue weighted by Gasteiger charge is -2.26. The number of nitrogens with one attached hydrogen (secondary N) is 2. The molecule has 1 fully saturated rings. The van der Waals surface area contributed by atoms with Crippen LogP contribution in [-0.2, 0) is 9.53 Å². The van der Waals surface area contributed by atoms with Gasteiger partial charge in [0.05, 0.1) is 13.2 Å². The highest BCUT2D eigenvalue weighted by Crippen LogP contribution is 1.97. The molecule has 0 unspecified atom stereocenters. The number of aliphatic imine (C=N–C) groups is 1. The van der Waals surface area contributed by atoms with Gasteiger partial charge in [-0.15, -0.1) is 24.0 Å². The van der Waals surface area contributed by atoms with E-state index in [-0.39, 0.29) is 36.4 Å². The summed E-state index contributed by atoms with van der Waals surface area (Å²) in [7, 11) is 0. The van der Waals surface area contributed by atoms with E-state index in [4.69, 9.17) is 4.74 Å². The molecule has 0 spiro atoms. The molecule has 1 amide bonds. The third kappa shape index (κ3) is 6.39. The van der Waals surface area contributed by atoms with Gasteiger partial charge in [0.2, 0.25) is 5.91 Å². The Balaban J connectivity index is 0.00000289. The Kier molecular flexibility index (Phi) is 10.0. The Morgan fingerprint density at radius 3 is 2.28 bits per heavy atom. The van der Waals surface area contributed by atoms with E-state index in [1.165, 1.54) is 0 Å². The van der Waals surface area contributed by atoms with Gasteiger partial charge < -0.3 is 20.3 Å². The Morgan fingerprint density at radius 2 is 1.78 bits per heavy atom. The van der Waals surface area contributed by atoms with Crippen molar-refractivity contribution in [3.8, 4) is 0 Å². The van der Waals surface area contributed by atoms with Gasteiger partial charge in [0.1, 0.15) is 6.54 Å². The first-order valence-electron chi connectivity index (χ1n) is 6.15. The number of hydrogen-bond donors (Lipinski definition) is 2. The zero-order valence-electron chi connectivity index (χ0n) is 11.1. The molecule has 0 aromatic heterocycles. The van der Waals surface area contributed by atoms with Crippen molar-refractivity contribution < 1.29 is 9.53 Å². The molecule has 0 radical (unpaired) electrons. The van der Waals surface area contributed by atoms with Crippen molar-refractivity contribution >= 4 is 35.8 Å². The maximum atomic E-state index is 11.8. The molecule has 0 bridgehead atoms. The number of carbonyl (C=O) groups is 1. The largest absolute Gasteiger partial charge is 0.378 e. The van der Waals surface area contributed by atoms with Crippen LogP contribution in [-0.4, -0.2) is 62.7 Å². The molecule has 106 valence electrons. The van der Waals surface area contributed by atoms with Gasteiger partial charge in [0, 0.05) is 26.2 Å². The first kappa shape index (κ1) is 17.4. The van der Waals surface area contributed by atoms with Crippen molar-refractivity contribution in [2.45, 2.75) is 13.8 Å². The topological polar surface area (TPSA) is 66.0 Å². The van der Waals surface area contributed by atoms with E-state index in [1.807, 2.05) is 13.8 Å². The Morgan fingerprint density at radius 1 is 1.22 bits per heavy atom. The molecule has 1 heterocycles. The van der Waals surface area contributed by atoms with Gasteiger partial charge in [-0.2, -0.15) is 0 Å². The molecule has 0 aromatic carbocycles. The standard InChI is InChI=1S/C11H22N4O2.HI/c1-3-12-11(13-4-2)14-9-10(16)15-5-7-17-8-6-15;/h3-9H2,1-2H3,(H2,12,13,14);1H. The lowest BCUT2D eigenvalue weighted by Crippen LogP contribution is -2.43. The van der Waals surface area contributed by atoms with Crippen LogP contribution in [0.4, 0.5) is 0 Å². The summed E-state index contributed by atoms with van der Waals surface area (Å²) in [5, 5.41) is 6.17.